The van der Waals surface area contributed by atoms with Crippen molar-refractivity contribution in [3.63, 3.8) is 0 Å². The number of para-hydroxylation sites is 3. The summed E-state index contributed by atoms with van der Waals surface area (Å²) in [5, 5.41) is 1.22. The van der Waals surface area contributed by atoms with E-state index in [-0.39, 0.29) is 10.8 Å². The summed E-state index contributed by atoms with van der Waals surface area (Å²) in [6.07, 6.45) is 2.21. The summed E-state index contributed by atoms with van der Waals surface area (Å²) in [6.45, 7) is 4.74. The highest BCUT2D eigenvalue weighted by atomic mass is 15.2. The molecule has 0 fully saturated rings. The summed E-state index contributed by atoms with van der Waals surface area (Å²) in [5.74, 6) is 0. The molecule has 0 N–H and O–H groups in total. The summed E-state index contributed by atoms with van der Waals surface area (Å²) in [4.78, 5) is 2.49. The second kappa shape index (κ2) is 11.3. The van der Waals surface area contributed by atoms with Gasteiger partial charge in [0.2, 0.25) is 0 Å². The van der Waals surface area contributed by atoms with E-state index in [9.17, 15) is 0 Å². The topological polar surface area (TPSA) is 8.17 Å². The third kappa shape index (κ3) is 4.00. The highest BCUT2D eigenvalue weighted by Crippen LogP contribution is 2.63. The molecule has 0 amide bonds. The van der Waals surface area contributed by atoms with Crippen LogP contribution in [0.1, 0.15) is 47.2 Å². The summed E-state index contributed by atoms with van der Waals surface area (Å²) < 4.78 is 2.34. The van der Waals surface area contributed by atoms with Crippen molar-refractivity contribution in [2.24, 2.45) is 0 Å². The van der Waals surface area contributed by atoms with Gasteiger partial charge in [-0.25, -0.2) is 0 Å². The molecule has 1 aromatic heterocycles. The van der Waals surface area contributed by atoms with Gasteiger partial charge in [0.25, 0.3) is 0 Å². The number of rotatable bonds is 4. The van der Waals surface area contributed by atoms with Gasteiger partial charge >= 0.3 is 0 Å². The van der Waals surface area contributed by atoms with Gasteiger partial charge in [-0.3, -0.25) is 0 Å². The van der Waals surface area contributed by atoms with Gasteiger partial charge in [-0.15, -0.1) is 0 Å². The Morgan fingerprint density at radius 2 is 0.893 bits per heavy atom. The van der Waals surface area contributed by atoms with Crippen molar-refractivity contribution in [1.82, 2.24) is 4.57 Å². The Morgan fingerprint density at radius 1 is 0.393 bits per heavy atom. The lowest BCUT2D eigenvalue weighted by Gasteiger charge is -2.32. The van der Waals surface area contributed by atoms with E-state index in [0.29, 0.717) is 0 Å². The van der Waals surface area contributed by atoms with Gasteiger partial charge in [0.1, 0.15) is 0 Å². The Kier molecular flexibility index (Phi) is 6.36. The van der Waals surface area contributed by atoms with Gasteiger partial charge in [-0.1, -0.05) is 153 Å². The molecule has 264 valence electrons. The van der Waals surface area contributed by atoms with Crippen LogP contribution in [-0.4, -0.2) is 4.57 Å². The zero-order chi connectivity index (χ0) is 37.2. The molecule has 9 aromatic rings. The van der Waals surface area contributed by atoms with Crippen molar-refractivity contribution in [3.05, 3.63) is 228 Å². The monoisotopic (exact) mass is 714 g/mol. The molecule has 0 aliphatic heterocycles. The number of hydrogen-bond acceptors (Lipinski definition) is 1. The van der Waals surface area contributed by atoms with E-state index in [2.05, 4.69) is 218 Å². The van der Waals surface area contributed by atoms with Crippen LogP contribution in [0.3, 0.4) is 0 Å². The van der Waals surface area contributed by atoms with E-state index in [0.717, 1.165) is 22.7 Å². The molecule has 0 saturated heterocycles. The molecule has 3 aliphatic rings. The van der Waals surface area contributed by atoms with Gasteiger partial charge in [-0.2, -0.15) is 0 Å². The Hall–Kier alpha value is -6.90. The van der Waals surface area contributed by atoms with Crippen LogP contribution in [0.15, 0.2) is 194 Å². The third-order valence-corrected chi connectivity index (χ3v) is 13.0. The minimum Gasteiger partial charge on any atom is -0.315 e. The number of nitrogens with zero attached hydrogens (tertiary/aromatic N) is 2. The van der Waals surface area contributed by atoms with E-state index in [1.54, 1.807) is 0 Å². The minimum absolute atomic E-state index is 0.129. The molecule has 1 heterocycles. The molecular weight excluding hydrogens is 677 g/mol. The molecule has 3 aliphatic carbocycles. The van der Waals surface area contributed by atoms with Gasteiger partial charge in [0.05, 0.1) is 22.3 Å². The molecule has 2 heteroatoms. The van der Waals surface area contributed by atoms with Crippen LogP contribution in [0.2, 0.25) is 0 Å². The molecule has 12 rings (SSSR count). The van der Waals surface area contributed by atoms with Crippen LogP contribution in [0.4, 0.5) is 17.1 Å². The zero-order valence-electron chi connectivity index (χ0n) is 31.4. The molecular formula is C54H38N2. The maximum Gasteiger partial charge on any atom is 0.0725 e. The first-order valence-corrected chi connectivity index (χ1v) is 19.7. The molecule has 0 bridgehead atoms. The molecule has 1 spiro atoms. The average Bonchev–Trinajstić information content (AvgIpc) is 3.96. The molecule has 0 saturated carbocycles. The maximum atomic E-state index is 2.49. The average molecular weight is 715 g/mol. The second-order valence-electron chi connectivity index (χ2n) is 16.1. The highest BCUT2D eigenvalue weighted by molar-refractivity contribution is 5.97. The number of anilines is 3. The highest BCUT2D eigenvalue weighted by Gasteiger charge is 2.51. The molecule has 0 radical (unpaired) electrons. The summed E-state index contributed by atoms with van der Waals surface area (Å²) in [5.41, 5.74) is 21.3. The lowest BCUT2D eigenvalue weighted by atomic mass is 9.70. The van der Waals surface area contributed by atoms with Crippen LogP contribution in [0.5, 0.6) is 0 Å². The fraction of sp³-hybridized carbons (Fsp3) is 0.0741. The van der Waals surface area contributed by atoms with Gasteiger partial charge in [-0.05, 0) is 121 Å². The van der Waals surface area contributed by atoms with E-state index < -0.39 is 0 Å². The largest absolute Gasteiger partial charge is 0.315 e. The van der Waals surface area contributed by atoms with E-state index in [1.807, 2.05) is 0 Å². The quantitative estimate of drug-likeness (QED) is 0.176. The Morgan fingerprint density at radius 3 is 1.61 bits per heavy atom. The Balaban J connectivity index is 1.12. The van der Waals surface area contributed by atoms with E-state index >= 15 is 0 Å². The summed E-state index contributed by atoms with van der Waals surface area (Å²) >= 11 is 0. The standard InChI is InChI=1S/C54H38N2/c1-53(2)44-20-8-4-16-38(44)42-29-27-37(34-49(42)53)56(52-26-14-13-25-51(52)55-32-31-35-15-3-12-24-50(35)55)36-28-30-48-43(33-36)41-19-7-11-23-47(41)54(48)45-21-9-5-17-39(45)40-18-6-10-22-46(40)54/h3-34H,1-2H3. The van der Waals surface area contributed by atoms with Gasteiger partial charge < -0.3 is 9.47 Å². The number of aromatic nitrogens is 1. The summed E-state index contributed by atoms with van der Waals surface area (Å²) in [7, 11) is 0. The van der Waals surface area contributed by atoms with Gasteiger partial charge in [0.15, 0.2) is 0 Å². The molecule has 8 aromatic carbocycles. The molecule has 56 heavy (non-hydrogen) atoms. The first-order chi connectivity index (χ1) is 27.5. The first kappa shape index (κ1) is 31.5. The van der Waals surface area contributed by atoms with E-state index in [1.165, 1.54) is 77.7 Å². The lowest BCUT2D eigenvalue weighted by Crippen LogP contribution is -2.25. The SMILES string of the molecule is CC1(C)c2ccccc2-c2ccc(N(c3ccc4c(c3)-c3ccccc3C43c4ccccc4-c4ccccc43)c3ccccc3-n3ccc4ccccc43)cc21. The van der Waals surface area contributed by atoms with Crippen molar-refractivity contribution in [2.75, 3.05) is 4.90 Å². The van der Waals surface area contributed by atoms with Crippen LogP contribution >= 0.6 is 0 Å². The number of fused-ring (bicyclic) bond motifs is 14. The van der Waals surface area contributed by atoms with E-state index in [4.69, 9.17) is 0 Å². The first-order valence-electron chi connectivity index (χ1n) is 19.7. The predicted molar refractivity (Wildman–Crippen MR) is 232 cm³/mol. The number of hydrogen-bond donors (Lipinski definition) is 0. The molecule has 0 unspecified atom stereocenters. The fourth-order valence-electron chi connectivity index (χ4n) is 10.6. The van der Waals surface area contributed by atoms with Crippen molar-refractivity contribution >= 4 is 28.0 Å². The summed E-state index contributed by atoms with van der Waals surface area (Å²) in [6, 6.07) is 70.2. The van der Waals surface area contributed by atoms with Crippen LogP contribution in [0.25, 0.3) is 50.0 Å². The lowest BCUT2D eigenvalue weighted by molar-refractivity contribution is 0.660. The second-order valence-corrected chi connectivity index (χ2v) is 16.1. The minimum atomic E-state index is -0.381. The van der Waals surface area contributed by atoms with Crippen molar-refractivity contribution in [1.29, 1.82) is 0 Å². The smallest absolute Gasteiger partial charge is 0.0725 e. The number of benzene rings is 8. The third-order valence-electron chi connectivity index (χ3n) is 13.0. The fourth-order valence-corrected chi connectivity index (χ4v) is 10.6. The van der Waals surface area contributed by atoms with Gasteiger partial charge in [0, 0.05) is 23.0 Å². The molecule has 0 atom stereocenters. The predicted octanol–water partition coefficient (Wildman–Crippen LogP) is 13.8. The normalized spacial score (nSPS) is 14.5. The zero-order valence-corrected chi connectivity index (χ0v) is 31.4. The van der Waals surface area contributed by atoms with Crippen LogP contribution < -0.4 is 4.90 Å². The van der Waals surface area contributed by atoms with Crippen molar-refractivity contribution < 1.29 is 0 Å². The Labute approximate surface area is 327 Å². The molecule has 2 nitrogen and oxygen atoms in total. The Bertz CT molecular complexity index is 3040. The maximum absolute atomic E-state index is 2.49. The van der Waals surface area contributed by atoms with Crippen molar-refractivity contribution in [3.8, 4) is 39.1 Å². The van der Waals surface area contributed by atoms with Crippen LogP contribution in [0, 0.1) is 0 Å². The van der Waals surface area contributed by atoms with Crippen molar-refractivity contribution in [2.45, 2.75) is 24.7 Å². The van der Waals surface area contributed by atoms with Crippen LogP contribution in [-0.2, 0) is 10.8 Å².